The second-order valence-corrected chi connectivity index (χ2v) is 5.37. The van der Waals surface area contributed by atoms with E-state index in [1.807, 2.05) is 24.3 Å². The van der Waals surface area contributed by atoms with Crippen LogP contribution in [0.3, 0.4) is 0 Å². The standard InChI is InChI=1S/C15H15IN2O3/c16-11-4-3-5-12(10-11)20-8-9-21-14-7-2-1-6-13(14)15(19)18-17/h1-7,10H,8-9,17H2,(H,18,19). The fourth-order valence-corrected chi connectivity index (χ4v) is 2.24. The van der Waals surface area contributed by atoms with E-state index >= 15 is 0 Å². The zero-order valence-corrected chi connectivity index (χ0v) is 13.4. The molecule has 1 amide bonds. The first-order chi connectivity index (χ1) is 10.2. The van der Waals surface area contributed by atoms with E-state index in [4.69, 9.17) is 15.3 Å². The van der Waals surface area contributed by atoms with Gasteiger partial charge in [-0.15, -0.1) is 0 Å². The lowest BCUT2D eigenvalue weighted by Crippen LogP contribution is -2.30. The van der Waals surface area contributed by atoms with Crippen LogP contribution in [0.5, 0.6) is 11.5 Å². The van der Waals surface area contributed by atoms with Crippen molar-refractivity contribution in [3.8, 4) is 11.5 Å². The van der Waals surface area contributed by atoms with Crippen molar-refractivity contribution in [3.05, 3.63) is 57.7 Å². The van der Waals surface area contributed by atoms with Gasteiger partial charge < -0.3 is 9.47 Å². The summed E-state index contributed by atoms with van der Waals surface area (Å²) in [5, 5.41) is 0. The van der Waals surface area contributed by atoms with Gasteiger partial charge in [0.25, 0.3) is 5.91 Å². The van der Waals surface area contributed by atoms with E-state index in [2.05, 4.69) is 28.0 Å². The number of ether oxygens (including phenoxy) is 2. The number of carbonyl (C=O) groups excluding carboxylic acids is 1. The van der Waals surface area contributed by atoms with Crippen molar-refractivity contribution in [2.45, 2.75) is 0 Å². The van der Waals surface area contributed by atoms with Gasteiger partial charge in [0.05, 0.1) is 5.56 Å². The number of hydrogen-bond donors (Lipinski definition) is 2. The van der Waals surface area contributed by atoms with E-state index in [-0.39, 0.29) is 5.91 Å². The van der Waals surface area contributed by atoms with Gasteiger partial charge in [-0.05, 0) is 52.9 Å². The Balaban J connectivity index is 1.88. The molecular formula is C15H15IN2O3. The van der Waals surface area contributed by atoms with Crippen molar-refractivity contribution in [1.29, 1.82) is 0 Å². The van der Waals surface area contributed by atoms with Crippen LogP contribution in [-0.2, 0) is 0 Å². The van der Waals surface area contributed by atoms with Crippen LogP contribution in [0.25, 0.3) is 0 Å². The Morgan fingerprint density at radius 2 is 1.86 bits per heavy atom. The molecule has 0 radical (unpaired) electrons. The topological polar surface area (TPSA) is 73.6 Å². The summed E-state index contributed by atoms with van der Waals surface area (Å²) < 4.78 is 12.3. The number of halogens is 1. The highest BCUT2D eigenvalue weighted by molar-refractivity contribution is 14.1. The molecule has 0 heterocycles. The van der Waals surface area contributed by atoms with Crippen LogP contribution >= 0.6 is 22.6 Å². The molecule has 0 aliphatic carbocycles. The number of carbonyl (C=O) groups is 1. The van der Waals surface area contributed by atoms with Gasteiger partial charge in [0.15, 0.2) is 0 Å². The molecule has 6 heteroatoms. The maximum absolute atomic E-state index is 11.6. The highest BCUT2D eigenvalue weighted by atomic mass is 127. The zero-order chi connectivity index (χ0) is 15.1. The van der Waals surface area contributed by atoms with E-state index in [1.165, 1.54) is 0 Å². The lowest BCUT2D eigenvalue weighted by Gasteiger charge is -2.11. The first kappa shape index (κ1) is 15.6. The SMILES string of the molecule is NNC(=O)c1ccccc1OCCOc1cccc(I)c1. The predicted octanol–water partition coefficient (Wildman–Crippen LogP) is 2.35. The highest BCUT2D eigenvalue weighted by Gasteiger charge is 2.10. The average molecular weight is 398 g/mol. The highest BCUT2D eigenvalue weighted by Crippen LogP contribution is 2.18. The van der Waals surface area contributed by atoms with Gasteiger partial charge in [-0.3, -0.25) is 10.2 Å². The summed E-state index contributed by atoms with van der Waals surface area (Å²) in [6.07, 6.45) is 0. The van der Waals surface area contributed by atoms with Crippen LogP contribution in [-0.4, -0.2) is 19.1 Å². The van der Waals surface area contributed by atoms with E-state index in [9.17, 15) is 4.79 Å². The molecule has 3 N–H and O–H groups in total. The molecule has 0 atom stereocenters. The molecule has 21 heavy (non-hydrogen) atoms. The van der Waals surface area contributed by atoms with Crippen LogP contribution in [0.15, 0.2) is 48.5 Å². The third kappa shape index (κ3) is 4.61. The third-order valence-corrected chi connectivity index (χ3v) is 3.34. The average Bonchev–Trinajstić information content (AvgIpc) is 2.51. The van der Waals surface area contributed by atoms with E-state index in [1.54, 1.807) is 24.3 Å². The summed E-state index contributed by atoms with van der Waals surface area (Å²) in [7, 11) is 0. The van der Waals surface area contributed by atoms with Crippen molar-refractivity contribution in [3.63, 3.8) is 0 Å². The lowest BCUT2D eigenvalue weighted by atomic mass is 10.2. The molecule has 0 aromatic heterocycles. The molecule has 2 rings (SSSR count). The van der Waals surface area contributed by atoms with Crippen molar-refractivity contribution < 1.29 is 14.3 Å². The Morgan fingerprint density at radius 3 is 2.62 bits per heavy atom. The normalized spacial score (nSPS) is 10.0. The van der Waals surface area contributed by atoms with Crippen LogP contribution in [0.4, 0.5) is 0 Å². The molecular weight excluding hydrogens is 383 g/mol. The van der Waals surface area contributed by atoms with Gasteiger partial charge >= 0.3 is 0 Å². The summed E-state index contributed by atoms with van der Waals surface area (Å²) >= 11 is 2.22. The third-order valence-electron chi connectivity index (χ3n) is 2.67. The number of para-hydroxylation sites is 1. The quantitative estimate of drug-likeness (QED) is 0.258. The molecule has 0 saturated carbocycles. The zero-order valence-electron chi connectivity index (χ0n) is 11.2. The Kier molecular flexibility index (Phi) is 5.82. The molecule has 0 bridgehead atoms. The number of benzene rings is 2. The van der Waals surface area contributed by atoms with Crippen molar-refractivity contribution in [2.75, 3.05) is 13.2 Å². The molecule has 0 unspecified atom stereocenters. The summed E-state index contributed by atoms with van der Waals surface area (Å²) in [5.41, 5.74) is 2.49. The van der Waals surface area contributed by atoms with Crippen LogP contribution in [0.2, 0.25) is 0 Å². The number of nitrogens with one attached hydrogen (secondary N) is 1. The van der Waals surface area contributed by atoms with Crippen LogP contribution < -0.4 is 20.7 Å². The molecule has 0 saturated heterocycles. The smallest absolute Gasteiger partial charge is 0.268 e. The molecule has 0 fully saturated rings. The van der Waals surface area contributed by atoms with Crippen LogP contribution in [0, 0.1) is 3.57 Å². The van der Waals surface area contributed by atoms with E-state index < -0.39 is 0 Å². The number of hydrogen-bond acceptors (Lipinski definition) is 4. The number of nitrogen functional groups attached to an aromatic ring is 1. The Bertz CT molecular complexity index is 619. The fourth-order valence-electron chi connectivity index (χ4n) is 1.73. The van der Waals surface area contributed by atoms with Gasteiger partial charge in [0.2, 0.25) is 0 Å². The fraction of sp³-hybridized carbons (Fsp3) is 0.133. The Labute approximate surface area is 136 Å². The van der Waals surface area contributed by atoms with E-state index in [0.29, 0.717) is 24.5 Å². The summed E-state index contributed by atoms with van der Waals surface area (Å²) in [5.74, 6) is 6.02. The van der Waals surface area contributed by atoms with Gasteiger partial charge in [0, 0.05) is 3.57 Å². The minimum absolute atomic E-state index is 0.334. The number of amides is 1. The predicted molar refractivity (Wildman–Crippen MR) is 88.2 cm³/mol. The first-order valence-corrected chi connectivity index (χ1v) is 7.39. The maximum atomic E-state index is 11.6. The monoisotopic (exact) mass is 398 g/mol. The summed E-state index contributed by atoms with van der Waals surface area (Å²) in [6, 6.07) is 14.7. The molecule has 0 aliphatic heterocycles. The van der Waals surface area contributed by atoms with Gasteiger partial charge in [-0.25, -0.2) is 5.84 Å². The van der Waals surface area contributed by atoms with Gasteiger partial charge in [-0.2, -0.15) is 0 Å². The Morgan fingerprint density at radius 1 is 1.10 bits per heavy atom. The van der Waals surface area contributed by atoms with Crippen LogP contribution in [0.1, 0.15) is 10.4 Å². The second-order valence-electron chi connectivity index (χ2n) is 4.12. The molecule has 110 valence electrons. The number of rotatable bonds is 6. The van der Waals surface area contributed by atoms with Crippen molar-refractivity contribution in [2.24, 2.45) is 5.84 Å². The second kappa shape index (κ2) is 7.84. The van der Waals surface area contributed by atoms with Gasteiger partial charge in [-0.1, -0.05) is 18.2 Å². The molecule has 2 aromatic carbocycles. The lowest BCUT2D eigenvalue weighted by molar-refractivity contribution is 0.0948. The number of nitrogens with two attached hydrogens (primary N) is 1. The largest absolute Gasteiger partial charge is 0.490 e. The molecule has 0 aliphatic rings. The number of hydrazine groups is 1. The molecule has 5 nitrogen and oxygen atoms in total. The Hall–Kier alpha value is -1.80. The maximum Gasteiger partial charge on any atom is 0.268 e. The molecule has 2 aromatic rings. The minimum Gasteiger partial charge on any atom is -0.490 e. The van der Waals surface area contributed by atoms with Crippen molar-refractivity contribution >= 4 is 28.5 Å². The van der Waals surface area contributed by atoms with Gasteiger partial charge in [0.1, 0.15) is 24.7 Å². The minimum atomic E-state index is -0.385. The summed E-state index contributed by atoms with van der Waals surface area (Å²) in [4.78, 5) is 11.6. The van der Waals surface area contributed by atoms with Crippen molar-refractivity contribution in [1.82, 2.24) is 5.43 Å². The summed E-state index contributed by atoms with van der Waals surface area (Å²) in [6.45, 7) is 0.721. The molecule has 0 spiro atoms. The first-order valence-electron chi connectivity index (χ1n) is 6.32. The van der Waals surface area contributed by atoms with E-state index in [0.717, 1.165) is 9.32 Å².